The fourth-order valence-electron chi connectivity index (χ4n) is 1.39. The van der Waals surface area contributed by atoms with Gasteiger partial charge in [-0.15, -0.1) is 22.9 Å². The molecule has 0 spiro atoms. The molecule has 14 heavy (non-hydrogen) atoms. The molecule has 0 aliphatic carbocycles. The van der Waals surface area contributed by atoms with E-state index in [-0.39, 0.29) is 0 Å². The molecule has 1 nitrogen and oxygen atoms in total. The summed E-state index contributed by atoms with van der Waals surface area (Å²) in [5.74, 6) is 0.455. The Morgan fingerprint density at radius 3 is 2.93 bits per heavy atom. The molecule has 0 radical (unpaired) electrons. The van der Waals surface area contributed by atoms with Crippen molar-refractivity contribution in [2.75, 3.05) is 0 Å². The van der Waals surface area contributed by atoms with Gasteiger partial charge in [0.2, 0.25) is 0 Å². The molecule has 0 saturated heterocycles. The minimum absolute atomic E-state index is 0.455. The molecular weight excluding hydrogens is 282 g/mol. The molecular formula is C10H5BrClNS. The number of nitriles is 1. The van der Waals surface area contributed by atoms with Crippen molar-refractivity contribution in [2.24, 2.45) is 0 Å². The zero-order valence-electron chi connectivity index (χ0n) is 7.05. The lowest BCUT2D eigenvalue weighted by Crippen LogP contribution is -1.80. The van der Waals surface area contributed by atoms with Crippen LogP contribution in [0.25, 0.3) is 10.1 Å². The first kappa shape index (κ1) is 9.97. The summed E-state index contributed by atoms with van der Waals surface area (Å²) in [5.41, 5.74) is 1.72. The first-order valence-corrected chi connectivity index (χ1v) is 6.12. The molecule has 2 aromatic rings. The topological polar surface area (TPSA) is 23.8 Å². The van der Waals surface area contributed by atoms with Gasteiger partial charge in [0.1, 0.15) is 0 Å². The minimum Gasteiger partial charge on any atom is -0.192 e. The molecule has 70 valence electrons. The van der Waals surface area contributed by atoms with E-state index in [0.29, 0.717) is 11.4 Å². The molecule has 1 aromatic heterocycles. The monoisotopic (exact) mass is 285 g/mol. The van der Waals surface area contributed by atoms with Gasteiger partial charge >= 0.3 is 0 Å². The predicted octanol–water partition coefficient (Wildman–Crippen LogP) is 4.27. The SMILES string of the molecule is N#Cc1cc(Br)cc2scc(CCl)c12. The normalized spacial score (nSPS) is 10.4. The minimum atomic E-state index is 0.455. The van der Waals surface area contributed by atoms with E-state index in [1.165, 1.54) is 0 Å². The third-order valence-electron chi connectivity index (χ3n) is 1.98. The summed E-state index contributed by atoms with van der Waals surface area (Å²) in [5, 5.41) is 12.0. The van der Waals surface area contributed by atoms with Crippen LogP contribution < -0.4 is 0 Å². The van der Waals surface area contributed by atoms with Crippen molar-refractivity contribution in [3.63, 3.8) is 0 Å². The second kappa shape index (κ2) is 3.90. The van der Waals surface area contributed by atoms with Crippen molar-refractivity contribution in [1.29, 1.82) is 5.26 Å². The molecule has 1 heterocycles. The van der Waals surface area contributed by atoms with Crippen LogP contribution in [0, 0.1) is 11.3 Å². The number of hydrogen-bond acceptors (Lipinski definition) is 2. The average molecular weight is 287 g/mol. The highest BCUT2D eigenvalue weighted by Crippen LogP contribution is 2.32. The number of benzene rings is 1. The molecule has 4 heteroatoms. The summed E-state index contributed by atoms with van der Waals surface area (Å²) in [6.45, 7) is 0. The van der Waals surface area contributed by atoms with Crippen molar-refractivity contribution in [3.05, 3.63) is 33.1 Å². The summed E-state index contributed by atoms with van der Waals surface area (Å²) in [6, 6.07) is 6.02. The Morgan fingerprint density at radius 1 is 1.50 bits per heavy atom. The van der Waals surface area contributed by atoms with Crippen LogP contribution in [0.2, 0.25) is 0 Å². The molecule has 0 N–H and O–H groups in total. The molecule has 0 unspecified atom stereocenters. The number of thiophene rings is 1. The summed E-state index contributed by atoms with van der Waals surface area (Å²) in [4.78, 5) is 0. The van der Waals surface area contributed by atoms with E-state index in [4.69, 9.17) is 16.9 Å². The molecule has 0 atom stereocenters. The van der Waals surface area contributed by atoms with E-state index in [1.54, 1.807) is 11.3 Å². The Balaban J connectivity index is 2.87. The van der Waals surface area contributed by atoms with Gasteiger partial charge in [0.15, 0.2) is 0 Å². The van der Waals surface area contributed by atoms with Crippen molar-refractivity contribution in [1.82, 2.24) is 0 Å². The lowest BCUT2D eigenvalue weighted by Gasteiger charge is -1.97. The van der Waals surface area contributed by atoms with Gasteiger partial charge in [-0.1, -0.05) is 15.9 Å². The van der Waals surface area contributed by atoms with Crippen molar-refractivity contribution >= 4 is 49.0 Å². The van der Waals surface area contributed by atoms with Gasteiger partial charge in [-0.25, -0.2) is 0 Å². The van der Waals surface area contributed by atoms with E-state index in [0.717, 1.165) is 20.1 Å². The molecule has 0 bridgehead atoms. The molecule has 0 amide bonds. The maximum atomic E-state index is 8.99. The van der Waals surface area contributed by atoms with Crippen molar-refractivity contribution < 1.29 is 0 Å². The van der Waals surface area contributed by atoms with Gasteiger partial charge in [0, 0.05) is 20.4 Å². The van der Waals surface area contributed by atoms with Crippen LogP contribution in [-0.4, -0.2) is 0 Å². The quantitative estimate of drug-likeness (QED) is 0.718. The zero-order valence-corrected chi connectivity index (χ0v) is 10.2. The molecule has 0 aliphatic rings. The summed E-state index contributed by atoms with van der Waals surface area (Å²) in [6.07, 6.45) is 0. The second-order valence-corrected chi connectivity index (χ2v) is 4.93. The largest absolute Gasteiger partial charge is 0.192 e. The summed E-state index contributed by atoms with van der Waals surface area (Å²) >= 11 is 10.8. The maximum absolute atomic E-state index is 8.99. The number of hydrogen-bond donors (Lipinski definition) is 0. The van der Waals surface area contributed by atoms with Crippen LogP contribution in [-0.2, 0) is 5.88 Å². The van der Waals surface area contributed by atoms with Crippen LogP contribution in [0.3, 0.4) is 0 Å². The fourth-order valence-corrected chi connectivity index (χ4v) is 3.32. The number of fused-ring (bicyclic) bond motifs is 1. The number of rotatable bonds is 1. The van der Waals surface area contributed by atoms with Crippen molar-refractivity contribution in [2.45, 2.75) is 5.88 Å². The smallest absolute Gasteiger partial charge is 0.0999 e. The Bertz CT molecular complexity index is 527. The van der Waals surface area contributed by atoms with Gasteiger partial charge in [-0.3, -0.25) is 0 Å². The van der Waals surface area contributed by atoms with Crippen LogP contribution >= 0.6 is 38.9 Å². The molecule has 0 fully saturated rings. The third kappa shape index (κ3) is 1.54. The highest BCUT2D eigenvalue weighted by molar-refractivity contribution is 9.10. The van der Waals surface area contributed by atoms with Gasteiger partial charge in [0.25, 0.3) is 0 Å². The number of halogens is 2. The molecule has 0 saturated carbocycles. The lowest BCUT2D eigenvalue weighted by molar-refractivity contribution is 1.46. The fraction of sp³-hybridized carbons (Fsp3) is 0.100. The zero-order chi connectivity index (χ0) is 10.1. The lowest BCUT2D eigenvalue weighted by atomic mass is 10.1. The molecule has 0 aliphatic heterocycles. The van der Waals surface area contributed by atoms with Crippen LogP contribution in [0.1, 0.15) is 11.1 Å². The van der Waals surface area contributed by atoms with Gasteiger partial charge in [-0.2, -0.15) is 5.26 Å². The van der Waals surface area contributed by atoms with E-state index in [1.807, 2.05) is 17.5 Å². The Morgan fingerprint density at radius 2 is 2.29 bits per heavy atom. The van der Waals surface area contributed by atoms with Crippen LogP contribution in [0.15, 0.2) is 22.0 Å². The molecule has 2 rings (SSSR count). The third-order valence-corrected chi connectivity index (χ3v) is 3.70. The Hall–Kier alpha value is -0.560. The van der Waals surface area contributed by atoms with Gasteiger partial charge in [0.05, 0.1) is 11.6 Å². The van der Waals surface area contributed by atoms with Crippen LogP contribution in [0.5, 0.6) is 0 Å². The summed E-state index contributed by atoms with van der Waals surface area (Å²) < 4.78 is 2.04. The Labute approximate surface area is 99.0 Å². The van der Waals surface area contributed by atoms with E-state index >= 15 is 0 Å². The van der Waals surface area contributed by atoms with E-state index in [2.05, 4.69) is 22.0 Å². The first-order valence-electron chi connectivity index (χ1n) is 3.92. The van der Waals surface area contributed by atoms with Crippen molar-refractivity contribution in [3.8, 4) is 6.07 Å². The highest BCUT2D eigenvalue weighted by Gasteiger charge is 2.09. The summed E-state index contributed by atoms with van der Waals surface area (Å²) in [7, 11) is 0. The first-order chi connectivity index (χ1) is 6.76. The second-order valence-electron chi connectivity index (χ2n) is 2.83. The van der Waals surface area contributed by atoms with Gasteiger partial charge in [-0.05, 0) is 23.1 Å². The Kier molecular flexibility index (Phi) is 2.78. The average Bonchev–Trinajstić information content (AvgIpc) is 2.59. The predicted molar refractivity (Wildman–Crippen MR) is 63.8 cm³/mol. The van der Waals surface area contributed by atoms with E-state index < -0.39 is 0 Å². The maximum Gasteiger partial charge on any atom is 0.0999 e. The highest BCUT2D eigenvalue weighted by atomic mass is 79.9. The standard InChI is InChI=1S/C10H5BrClNS/c11-8-1-6(4-13)10-7(3-12)5-14-9(10)2-8/h1-2,5H,3H2. The van der Waals surface area contributed by atoms with Crippen LogP contribution in [0.4, 0.5) is 0 Å². The molecule has 1 aromatic carbocycles. The number of nitrogens with zero attached hydrogens (tertiary/aromatic N) is 1. The van der Waals surface area contributed by atoms with E-state index in [9.17, 15) is 0 Å². The number of alkyl halides is 1. The van der Waals surface area contributed by atoms with Gasteiger partial charge < -0.3 is 0 Å².